The summed E-state index contributed by atoms with van der Waals surface area (Å²) in [7, 11) is 3.38. The maximum atomic E-state index is 14.9. The molecule has 3 aromatic rings. The molecule has 1 saturated carbocycles. The van der Waals surface area contributed by atoms with Crippen LogP contribution in [-0.4, -0.2) is 173 Å². The number of esters is 2. The monoisotopic (exact) mass is 1050 g/mol. The summed E-state index contributed by atoms with van der Waals surface area (Å²) in [5, 5.41) is 51.0. The molecule has 0 radical (unpaired) electrons. The second-order valence-corrected chi connectivity index (χ2v) is 23.3. The van der Waals surface area contributed by atoms with Gasteiger partial charge in [0.25, 0.3) is 0 Å². The number of rotatable bonds is 21. The Bertz CT molecular complexity index is 2650. The number of methoxy groups -OCH3 is 1. The van der Waals surface area contributed by atoms with E-state index in [-0.39, 0.29) is 57.5 Å². The van der Waals surface area contributed by atoms with Gasteiger partial charge in [-0.05, 0) is 125 Å². The number of aliphatic hydroxyl groups excluding tert-OH is 2. The molecule has 1 aromatic heterocycles. The third-order valence-electron chi connectivity index (χ3n) is 18.5. The van der Waals surface area contributed by atoms with Crippen molar-refractivity contribution in [3.05, 3.63) is 76.5 Å². The summed E-state index contributed by atoms with van der Waals surface area (Å²) in [6.45, 7) is 13.6. The number of amides is 1. The Morgan fingerprint density at radius 1 is 0.987 bits per heavy atom. The van der Waals surface area contributed by atoms with Gasteiger partial charge in [0.15, 0.2) is 17.7 Å². The lowest BCUT2D eigenvalue weighted by atomic mass is 9.53. The number of anilines is 1. The Morgan fingerprint density at radius 2 is 1.78 bits per heavy atom. The molecule has 17 heteroatoms. The number of unbranched alkanes of at least 4 members (excludes halogenated alkanes) is 1. The number of nitrogens with one attached hydrogen (secondary N) is 2. The fraction of sp³-hybridized carbons (Fsp3) is 0.661. The van der Waals surface area contributed by atoms with E-state index in [1.165, 1.54) is 36.2 Å². The first kappa shape index (κ1) is 56.0. The number of para-hydroxylation sites is 1. The van der Waals surface area contributed by atoms with Gasteiger partial charge in [0.05, 0.1) is 37.1 Å². The number of carbonyl (C=O) groups excluding carboxylic acids is 4. The average molecular weight is 1050 g/mol. The summed E-state index contributed by atoms with van der Waals surface area (Å²) >= 11 is 0. The first-order valence-electron chi connectivity index (χ1n) is 28.0. The number of hydrogen-bond acceptors (Lipinski definition) is 15. The number of H-pyrrole nitrogens is 1. The van der Waals surface area contributed by atoms with Gasteiger partial charge in [0, 0.05) is 105 Å². The number of benzene rings is 2. The largest absolute Gasteiger partial charge is 0.464 e. The van der Waals surface area contributed by atoms with Crippen molar-refractivity contribution in [3.63, 3.8) is 0 Å². The van der Waals surface area contributed by atoms with Crippen molar-refractivity contribution in [2.45, 2.75) is 170 Å². The smallest absolute Gasteiger partial charge is 0.328 e. The number of aryl methyl sites for hydroxylation is 1. The van der Waals surface area contributed by atoms with E-state index in [1.54, 1.807) is 0 Å². The fourth-order valence-corrected chi connectivity index (χ4v) is 14.8. The van der Waals surface area contributed by atoms with Crippen molar-refractivity contribution in [3.8, 4) is 0 Å². The number of ketones is 1. The first-order valence-corrected chi connectivity index (χ1v) is 28.0. The van der Waals surface area contributed by atoms with Crippen molar-refractivity contribution in [2.75, 3.05) is 71.6 Å². The van der Waals surface area contributed by atoms with Crippen LogP contribution in [0.4, 0.5) is 5.69 Å². The molecule has 1 amide bonds. The van der Waals surface area contributed by atoms with Crippen molar-refractivity contribution in [2.24, 2.45) is 11.8 Å². The zero-order valence-electron chi connectivity index (χ0n) is 45.8. The molecule has 2 aromatic carbocycles. The van der Waals surface area contributed by atoms with E-state index in [1.807, 2.05) is 20.0 Å². The highest BCUT2D eigenvalue weighted by molar-refractivity contribution is 5.92. The van der Waals surface area contributed by atoms with Crippen LogP contribution < -0.4 is 10.2 Å². The van der Waals surface area contributed by atoms with Crippen LogP contribution in [0, 0.1) is 18.8 Å². The lowest BCUT2D eigenvalue weighted by Gasteiger charge is -2.58. The molecular formula is C59H83N5O12. The molecule has 2 saturated heterocycles. The highest BCUT2D eigenvalue weighted by Gasteiger charge is 2.74. The Morgan fingerprint density at radius 3 is 2.53 bits per heavy atom. The van der Waals surface area contributed by atoms with Crippen LogP contribution in [0.3, 0.4) is 0 Å². The third-order valence-corrected chi connectivity index (χ3v) is 18.5. The fourth-order valence-electron chi connectivity index (χ4n) is 14.8. The lowest BCUT2D eigenvalue weighted by Crippen LogP contribution is -2.77. The Kier molecular flexibility index (Phi) is 16.6. The first-order chi connectivity index (χ1) is 36.3. The molecule has 10 unspecified atom stereocenters. The molecule has 416 valence electrons. The number of fused-ring (bicyclic) bond motifs is 6. The molecule has 9 rings (SSSR count). The van der Waals surface area contributed by atoms with Crippen LogP contribution in [-0.2, 0) is 55.4 Å². The Hall–Kier alpha value is -4.72. The van der Waals surface area contributed by atoms with Gasteiger partial charge in [0.2, 0.25) is 5.91 Å². The minimum absolute atomic E-state index is 0.0146. The SMILES string of the molecule is CCC(CO)OC(COC(=O)CCCC(=O)NC(C)C(=O)OCCCCC(=O)[C@]1(O)C2N(C)c3cc(C)c([C@@]4(C)CC5CN(CCc6c4[nH]c4ccccc64)CC(O)(CC)C5)cc3C23CCN2CC=CC(C23)[C@H]1O)OC. The summed E-state index contributed by atoms with van der Waals surface area (Å²) in [5.74, 6) is -2.33. The van der Waals surface area contributed by atoms with Crippen molar-refractivity contribution >= 4 is 40.2 Å². The van der Waals surface area contributed by atoms with E-state index < -0.39 is 82.2 Å². The van der Waals surface area contributed by atoms with Crippen molar-refractivity contribution in [1.82, 2.24) is 20.1 Å². The Balaban J connectivity index is 0.888. The number of likely N-dealkylation sites (N-methyl/N-ethyl adjacent to an activating group) is 1. The summed E-state index contributed by atoms with van der Waals surface area (Å²) in [4.78, 5) is 63.8. The van der Waals surface area contributed by atoms with Gasteiger partial charge >= 0.3 is 11.9 Å². The van der Waals surface area contributed by atoms with Gasteiger partial charge in [-0.1, -0.05) is 50.3 Å². The van der Waals surface area contributed by atoms with Gasteiger partial charge in [-0.15, -0.1) is 0 Å². The number of ether oxygens (including phenoxy) is 4. The van der Waals surface area contributed by atoms with Crippen molar-refractivity contribution in [1.29, 1.82) is 0 Å². The molecular weight excluding hydrogens is 971 g/mol. The molecule has 6 aliphatic rings. The van der Waals surface area contributed by atoms with Gasteiger partial charge in [0.1, 0.15) is 12.6 Å². The van der Waals surface area contributed by atoms with Gasteiger partial charge in [-0.3, -0.25) is 24.2 Å². The number of hydrogen-bond donors (Lipinski definition) is 6. The maximum absolute atomic E-state index is 14.9. The standard InChI is InChI=1S/C59H83N5O12/c1-8-39(33-65)76-50(73-7)34-75-49(68)21-14-20-48(67)60-37(4)54(70)74-27-13-12-19-47(66)59(72)53(69)42-17-15-24-64-26-23-58(52(42)64)44-29-43(36(3)28-46(44)62(6)55(58)59)56(5)30-38-31-57(71,9-2)35-63(32-38)25-22-41-40-16-10-11-18-45(40)61-51(41)56/h10-11,15-18,28-29,37-39,42,50,52-53,55,61,65,69,71-72H,8-9,12-14,19-27,30-35H2,1-7H3,(H,60,67)/t37?,38?,39?,42?,50?,52?,53-,55?,56-,57?,58?,59-/m1/s1. The van der Waals surface area contributed by atoms with E-state index in [2.05, 4.69) is 88.2 Å². The number of aliphatic hydroxyl groups is 4. The predicted octanol–water partition coefficient (Wildman–Crippen LogP) is 4.87. The van der Waals surface area contributed by atoms with E-state index in [0.29, 0.717) is 38.6 Å². The molecule has 5 aliphatic heterocycles. The molecule has 6 heterocycles. The topological polar surface area (TPSA) is 224 Å². The highest BCUT2D eigenvalue weighted by atomic mass is 16.7. The number of aromatic amines is 1. The van der Waals surface area contributed by atoms with E-state index in [0.717, 1.165) is 67.8 Å². The Labute approximate surface area is 447 Å². The van der Waals surface area contributed by atoms with Gasteiger partial charge in [-0.2, -0.15) is 0 Å². The predicted molar refractivity (Wildman–Crippen MR) is 287 cm³/mol. The molecule has 17 nitrogen and oxygen atoms in total. The molecule has 1 aliphatic carbocycles. The van der Waals surface area contributed by atoms with Gasteiger partial charge in [-0.25, -0.2) is 4.79 Å². The van der Waals surface area contributed by atoms with Crippen LogP contribution in [0.25, 0.3) is 10.9 Å². The van der Waals surface area contributed by atoms with Crippen LogP contribution in [0.5, 0.6) is 0 Å². The minimum atomic E-state index is -2.13. The zero-order chi connectivity index (χ0) is 54.3. The van der Waals surface area contributed by atoms with Crippen LogP contribution in [0.2, 0.25) is 0 Å². The molecule has 1 spiro atoms. The zero-order valence-corrected chi connectivity index (χ0v) is 45.8. The maximum Gasteiger partial charge on any atom is 0.328 e. The van der Waals surface area contributed by atoms with Crippen LogP contribution in [0.1, 0.15) is 126 Å². The summed E-state index contributed by atoms with van der Waals surface area (Å²) in [6, 6.07) is 11.4. The second-order valence-electron chi connectivity index (χ2n) is 23.3. The number of nitrogens with zero attached hydrogens (tertiary/aromatic N) is 3. The number of Topliss-reactive ketones (excluding diaryl/α,β-unsaturated/α-hetero) is 1. The van der Waals surface area contributed by atoms with E-state index in [4.69, 9.17) is 18.9 Å². The molecule has 76 heavy (non-hydrogen) atoms. The molecule has 3 fully saturated rings. The van der Waals surface area contributed by atoms with Gasteiger partial charge < -0.3 is 54.6 Å². The van der Waals surface area contributed by atoms with E-state index >= 15 is 0 Å². The van der Waals surface area contributed by atoms with E-state index in [9.17, 15) is 39.6 Å². The quantitative estimate of drug-likeness (QED) is 0.0363. The normalized spacial score (nSPS) is 31.7. The summed E-state index contributed by atoms with van der Waals surface area (Å²) in [5.41, 5.74) is 3.95. The third kappa shape index (κ3) is 10.2. The minimum Gasteiger partial charge on any atom is -0.464 e. The van der Waals surface area contributed by atoms with Crippen LogP contribution in [0.15, 0.2) is 48.6 Å². The highest BCUT2D eigenvalue weighted by Crippen LogP contribution is 2.63. The molecule has 13 atom stereocenters. The number of aromatic nitrogens is 1. The summed E-state index contributed by atoms with van der Waals surface area (Å²) in [6.07, 6.45) is 6.48. The van der Waals surface area contributed by atoms with Crippen LogP contribution >= 0.6 is 0 Å². The van der Waals surface area contributed by atoms with Crippen molar-refractivity contribution < 1.29 is 58.6 Å². The average Bonchev–Trinajstić information content (AvgIpc) is 4.28. The molecule has 6 N–H and O–H groups in total. The second kappa shape index (κ2) is 22.6. The molecule has 2 bridgehead atoms. The lowest BCUT2D eigenvalue weighted by molar-refractivity contribution is -0.194. The number of carbonyl (C=O) groups is 4. The number of piperidine rings is 1. The summed E-state index contributed by atoms with van der Waals surface area (Å²) < 4.78 is 21.5.